The van der Waals surface area contributed by atoms with Crippen LogP contribution in [0.4, 0.5) is 0 Å². The first-order chi connectivity index (χ1) is 7.75. The highest BCUT2D eigenvalue weighted by atomic mass is 32.2. The van der Waals surface area contributed by atoms with E-state index < -0.39 is 0 Å². The van der Waals surface area contributed by atoms with Crippen LogP contribution in [0.15, 0.2) is 53.6 Å². The Morgan fingerprint density at radius 2 is 1.94 bits per heavy atom. The third-order valence-electron chi connectivity index (χ3n) is 2.32. The standard InChI is InChI=1S/C13H13NOS/c1-11-9-13(7-8-14(11)15)16-10-12-5-3-2-4-6-12/h2-9H,10H2,1H3. The van der Waals surface area contributed by atoms with E-state index in [2.05, 4.69) is 12.1 Å². The Morgan fingerprint density at radius 1 is 1.19 bits per heavy atom. The van der Waals surface area contributed by atoms with E-state index in [9.17, 15) is 5.21 Å². The maximum atomic E-state index is 11.2. The van der Waals surface area contributed by atoms with Crippen molar-refractivity contribution < 1.29 is 4.73 Å². The predicted molar refractivity (Wildman–Crippen MR) is 66.1 cm³/mol. The average Bonchev–Trinajstić information content (AvgIpc) is 2.32. The van der Waals surface area contributed by atoms with Crippen molar-refractivity contribution in [1.82, 2.24) is 0 Å². The summed E-state index contributed by atoms with van der Waals surface area (Å²) in [6, 6.07) is 14.1. The van der Waals surface area contributed by atoms with Crippen LogP contribution in [0.25, 0.3) is 0 Å². The van der Waals surface area contributed by atoms with E-state index in [-0.39, 0.29) is 0 Å². The van der Waals surface area contributed by atoms with Crippen molar-refractivity contribution in [3.8, 4) is 0 Å². The molecule has 82 valence electrons. The highest BCUT2D eigenvalue weighted by molar-refractivity contribution is 7.98. The lowest BCUT2D eigenvalue weighted by atomic mass is 10.2. The van der Waals surface area contributed by atoms with Crippen molar-refractivity contribution in [2.45, 2.75) is 17.6 Å². The van der Waals surface area contributed by atoms with Crippen molar-refractivity contribution >= 4 is 11.8 Å². The molecule has 1 aromatic carbocycles. The summed E-state index contributed by atoms with van der Waals surface area (Å²) >= 11 is 1.74. The van der Waals surface area contributed by atoms with Gasteiger partial charge in [-0.3, -0.25) is 0 Å². The lowest BCUT2D eigenvalue weighted by molar-refractivity contribution is -0.612. The van der Waals surface area contributed by atoms with Gasteiger partial charge in [0.05, 0.1) is 0 Å². The van der Waals surface area contributed by atoms with Crippen LogP contribution in [0, 0.1) is 12.1 Å². The maximum absolute atomic E-state index is 11.2. The van der Waals surface area contributed by atoms with E-state index in [0.717, 1.165) is 21.1 Å². The average molecular weight is 231 g/mol. The van der Waals surface area contributed by atoms with Crippen molar-refractivity contribution in [1.29, 1.82) is 0 Å². The van der Waals surface area contributed by atoms with E-state index in [1.807, 2.05) is 37.3 Å². The molecule has 0 atom stereocenters. The molecule has 2 nitrogen and oxygen atoms in total. The molecule has 0 fully saturated rings. The van der Waals surface area contributed by atoms with E-state index in [1.165, 1.54) is 5.56 Å². The predicted octanol–water partition coefficient (Wildman–Crippen LogP) is 2.92. The number of hydrogen-bond acceptors (Lipinski definition) is 2. The van der Waals surface area contributed by atoms with E-state index in [0.29, 0.717) is 0 Å². The molecule has 0 saturated carbocycles. The molecule has 0 unspecified atom stereocenters. The summed E-state index contributed by atoms with van der Waals surface area (Å²) in [7, 11) is 0. The molecule has 0 amide bonds. The highest BCUT2D eigenvalue weighted by Gasteiger charge is 2.01. The second kappa shape index (κ2) is 5.03. The fourth-order valence-corrected chi connectivity index (χ4v) is 2.34. The second-order valence-electron chi connectivity index (χ2n) is 3.60. The van der Waals surface area contributed by atoms with Gasteiger partial charge in [-0.25, -0.2) is 0 Å². The molecule has 1 aromatic heterocycles. The monoisotopic (exact) mass is 231 g/mol. The van der Waals surface area contributed by atoms with Crippen molar-refractivity contribution in [2.24, 2.45) is 0 Å². The lowest BCUT2D eigenvalue weighted by Crippen LogP contribution is -2.28. The largest absolute Gasteiger partial charge is 0.619 e. The van der Waals surface area contributed by atoms with Gasteiger partial charge in [0.15, 0.2) is 11.9 Å². The van der Waals surface area contributed by atoms with Crippen molar-refractivity contribution in [3.05, 3.63) is 65.1 Å². The minimum absolute atomic E-state index is 0.734. The van der Waals surface area contributed by atoms with Gasteiger partial charge >= 0.3 is 0 Å². The molecule has 2 aromatic rings. The zero-order chi connectivity index (χ0) is 11.4. The normalized spacial score (nSPS) is 10.3. The molecule has 0 radical (unpaired) electrons. The molecular formula is C13H13NOS. The summed E-state index contributed by atoms with van der Waals surface area (Å²) in [4.78, 5) is 1.13. The van der Waals surface area contributed by atoms with Crippen LogP contribution in [0.3, 0.4) is 0 Å². The topological polar surface area (TPSA) is 26.9 Å². The van der Waals surface area contributed by atoms with Gasteiger partial charge in [0.2, 0.25) is 0 Å². The van der Waals surface area contributed by atoms with Gasteiger partial charge in [-0.2, -0.15) is 4.73 Å². The van der Waals surface area contributed by atoms with Crippen LogP contribution < -0.4 is 4.73 Å². The molecular weight excluding hydrogens is 218 g/mol. The number of aryl methyl sites for hydroxylation is 1. The number of hydrogen-bond donors (Lipinski definition) is 0. The van der Waals surface area contributed by atoms with E-state index >= 15 is 0 Å². The Bertz CT molecular complexity index is 471. The zero-order valence-electron chi connectivity index (χ0n) is 9.09. The van der Waals surface area contributed by atoms with Crippen LogP contribution in [-0.4, -0.2) is 0 Å². The minimum atomic E-state index is 0.734. The molecule has 2 rings (SSSR count). The first-order valence-corrected chi connectivity index (χ1v) is 6.11. The molecule has 0 bridgehead atoms. The first-order valence-electron chi connectivity index (χ1n) is 5.12. The minimum Gasteiger partial charge on any atom is -0.619 e. The molecule has 1 heterocycles. The summed E-state index contributed by atoms with van der Waals surface area (Å²) in [5.41, 5.74) is 2.03. The van der Waals surface area contributed by atoms with Crippen LogP contribution >= 0.6 is 11.8 Å². The molecule has 3 heteroatoms. The lowest BCUT2D eigenvalue weighted by Gasteiger charge is -2.04. The van der Waals surface area contributed by atoms with Gasteiger partial charge in [-0.15, -0.1) is 11.8 Å². The third-order valence-corrected chi connectivity index (χ3v) is 3.39. The summed E-state index contributed by atoms with van der Waals surface area (Å²) in [6.07, 6.45) is 1.56. The van der Waals surface area contributed by atoms with Gasteiger partial charge in [0, 0.05) is 29.7 Å². The number of pyridine rings is 1. The van der Waals surface area contributed by atoms with Gasteiger partial charge < -0.3 is 5.21 Å². The molecule has 0 aliphatic carbocycles. The van der Waals surface area contributed by atoms with E-state index in [4.69, 9.17) is 0 Å². The highest BCUT2D eigenvalue weighted by Crippen LogP contribution is 2.21. The molecule has 0 aliphatic rings. The Labute approximate surface area is 99.5 Å². The summed E-state index contributed by atoms with van der Waals surface area (Å²) in [6.45, 7) is 1.82. The molecule has 0 aliphatic heterocycles. The smallest absolute Gasteiger partial charge is 0.190 e. The fourth-order valence-electron chi connectivity index (χ4n) is 1.41. The molecule has 0 N–H and O–H groups in total. The van der Waals surface area contributed by atoms with Gasteiger partial charge in [0.1, 0.15) is 0 Å². The second-order valence-corrected chi connectivity index (χ2v) is 4.65. The van der Waals surface area contributed by atoms with Gasteiger partial charge in [-0.05, 0) is 5.56 Å². The number of nitrogens with zero attached hydrogens (tertiary/aromatic N) is 1. The molecule has 0 saturated heterocycles. The van der Waals surface area contributed by atoms with Crippen LogP contribution in [0.5, 0.6) is 0 Å². The Balaban J connectivity index is 2.03. The number of thioether (sulfide) groups is 1. The van der Waals surface area contributed by atoms with E-state index in [1.54, 1.807) is 18.0 Å². The van der Waals surface area contributed by atoms with Gasteiger partial charge in [0.25, 0.3) is 0 Å². The number of rotatable bonds is 3. The summed E-state index contributed by atoms with van der Waals surface area (Å²) < 4.78 is 0.882. The third kappa shape index (κ3) is 2.76. The van der Waals surface area contributed by atoms with Crippen molar-refractivity contribution in [3.63, 3.8) is 0 Å². The van der Waals surface area contributed by atoms with Crippen molar-refractivity contribution in [2.75, 3.05) is 0 Å². The maximum Gasteiger partial charge on any atom is 0.190 e. The van der Waals surface area contributed by atoms with Crippen LogP contribution in [0.2, 0.25) is 0 Å². The Morgan fingerprint density at radius 3 is 2.62 bits per heavy atom. The first kappa shape index (κ1) is 11.0. The summed E-state index contributed by atoms with van der Waals surface area (Å²) in [5.74, 6) is 0.934. The molecule has 16 heavy (non-hydrogen) atoms. The number of benzene rings is 1. The SMILES string of the molecule is Cc1cc(SCc2ccccc2)cc[n+]1[O-]. The zero-order valence-corrected chi connectivity index (χ0v) is 9.91. The number of aromatic nitrogens is 1. The Hall–Kier alpha value is -1.48. The Kier molecular flexibility index (Phi) is 3.47. The molecule has 0 spiro atoms. The summed E-state index contributed by atoms with van der Waals surface area (Å²) in [5, 5.41) is 11.2. The fraction of sp³-hybridized carbons (Fsp3) is 0.154. The quantitative estimate of drug-likeness (QED) is 0.461. The van der Waals surface area contributed by atoms with Crippen LogP contribution in [0.1, 0.15) is 11.3 Å². The van der Waals surface area contributed by atoms with Gasteiger partial charge in [-0.1, -0.05) is 30.3 Å². The van der Waals surface area contributed by atoms with Crippen LogP contribution in [-0.2, 0) is 5.75 Å².